The molecule has 0 atom stereocenters. The number of non-ortho nitro benzene ring substituents is 1. The van der Waals surface area contributed by atoms with Crippen LogP contribution in [0.5, 0.6) is 0 Å². The Kier molecular flexibility index (Phi) is 4.18. The Bertz CT molecular complexity index is 602. The van der Waals surface area contributed by atoms with Crippen LogP contribution in [0.3, 0.4) is 0 Å². The first-order valence-corrected chi connectivity index (χ1v) is 5.76. The molecule has 2 rings (SSSR count). The van der Waals surface area contributed by atoms with Crippen LogP contribution in [0.4, 0.5) is 11.4 Å². The SMILES string of the molecule is O=[N+]([O-])c1ccc(N=C/C=C/c2ccccc2)cc1. The third-order valence-electron chi connectivity index (χ3n) is 2.46. The minimum absolute atomic E-state index is 0.0683. The predicted octanol–water partition coefficient (Wildman–Crippen LogP) is 4.01. The minimum atomic E-state index is -0.428. The summed E-state index contributed by atoms with van der Waals surface area (Å²) in [4.78, 5) is 14.2. The third-order valence-corrected chi connectivity index (χ3v) is 2.46. The fourth-order valence-electron chi connectivity index (χ4n) is 1.51. The summed E-state index contributed by atoms with van der Waals surface area (Å²) in [6.45, 7) is 0. The molecular weight excluding hydrogens is 240 g/mol. The normalized spacial score (nSPS) is 11.2. The van der Waals surface area contributed by atoms with E-state index in [1.54, 1.807) is 18.3 Å². The summed E-state index contributed by atoms with van der Waals surface area (Å²) in [5.41, 5.74) is 1.85. The van der Waals surface area contributed by atoms with E-state index in [4.69, 9.17) is 0 Å². The Morgan fingerprint density at radius 2 is 1.68 bits per heavy atom. The molecule has 0 amide bonds. The van der Waals surface area contributed by atoms with E-state index in [0.29, 0.717) is 5.69 Å². The number of hydrogen-bond acceptors (Lipinski definition) is 3. The van der Waals surface area contributed by atoms with Crippen LogP contribution < -0.4 is 0 Å². The van der Waals surface area contributed by atoms with Gasteiger partial charge in [0.05, 0.1) is 10.6 Å². The second-order valence-electron chi connectivity index (χ2n) is 3.82. The van der Waals surface area contributed by atoms with Crippen LogP contribution in [0.25, 0.3) is 6.08 Å². The van der Waals surface area contributed by atoms with Crippen LogP contribution in [0.2, 0.25) is 0 Å². The summed E-state index contributed by atoms with van der Waals surface area (Å²) in [5, 5.41) is 10.5. The number of hydrogen-bond donors (Lipinski definition) is 0. The highest BCUT2D eigenvalue weighted by Gasteiger charge is 2.02. The van der Waals surface area contributed by atoms with Crippen molar-refractivity contribution in [3.8, 4) is 0 Å². The summed E-state index contributed by atoms with van der Waals surface area (Å²) in [5.74, 6) is 0. The van der Waals surface area contributed by atoms with Crippen LogP contribution in [0, 0.1) is 10.1 Å². The van der Waals surface area contributed by atoms with E-state index in [-0.39, 0.29) is 5.69 Å². The maximum absolute atomic E-state index is 10.5. The van der Waals surface area contributed by atoms with Crippen molar-refractivity contribution in [2.24, 2.45) is 4.99 Å². The molecule has 0 spiro atoms. The largest absolute Gasteiger partial charge is 0.269 e. The van der Waals surface area contributed by atoms with Crippen molar-refractivity contribution < 1.29 is 4.92 Å². The van der Waals surface area contributed by atoms with Gasteiger partial charge in [0.25, 0.3) is 5.69 Å². The molecule has 0 aliphatic heterocycles. The van der Waals surface area contributed by atoms with E-state index in [1.165, 1.54) is 12.1 Å². The van der Waals surface area contributed by atoms with Crippen LogP contribution in [0.15, 0.2) is 65.7 Å². The molecule has 0 fully saturated rings. The molecule has 0 aromatic heterocycles. The molecule has 19 heavy (non-hydrogen) atoms. The van der Waals surface area contributed by atoms with Crippen molar-refractivity contribution in [2.45, 2.75) is 0 Å². The molecule has 0 unspecified atom stereocenters. The highest BCUT2D eigenvalue weighted by Crippen LogP contribution is 2.17. The molecule has 4 nitrogen and oxygen atoms in total. The van der Waals surface area contributed by atoms with Gasteiger partial charge < -0.3 is 0 Å². The zero-order valence-corrected chi connectivity index (χ0v) is 10.1. The fraction of sp³-hybridized carbons (Fsp3) is 0. The van der Waals surface area contributed by atoms with Gasteiger partial charge in [-0.3, -0.25) is 15.1 Å². The number of benzene rings is 2. The highest BCUT2D eigenvalue weighted by atomic mass is 16.6. The van der Waals surface area contributed by atoms with E-state index in [1.807, 2.05) is 42.5 Å². The molecule has 0 saturated carbocycles. The Labute approximate surface area is 110 Å². The quantitative estimate of drug-likeness (QED) is 0.469. The van der Waals surface area contributed by atoms with Crippen molar-refractivity contribution in [3.05, 3.63) is 76.4 Å². The van der Waals surface area contributed by atoms with Crippen LogP contribution >= 0.6 is 0 Å². The Morgan fingerprint density at radius 1 is 1.00 bits per heavy atom. The number of nitrogens with zero attached hydrogens (tertiary/aromatic N) is 2. The molecule has 0 N–H and O–H groups in total. The Balaban J connectivity index is 1.99. The van der Waals surface area contributed by atoms with E-state index in [9.17, 15) is 10.1 Å². The number of aliphatic imine (C=N–C) groups is 1. The molecule has 0 bridgehead atoms. The lowest BCUT2D eigenvalue weighted by Gasteiger charge is -1.92. The van der Waals surface area contributed by atoms with Crippen molar-refractivity contribution in [2.75, 3.05) is 0 Å². The van der Waals surface area contributed by atoms with Gasteiger partial charge >= 0.3 is 0 Å². The van der Waals surface area contributed by atoms with Gasteiger partial charge in [0.15, 0.2) is 0 Å². The number of nitro benzene ring substituents is 1. The lowest BCUT2D eigenvalue weighted by Crippen LogP contribution is -1.85. The first-order valence-electron chi connectivity index (χ1n) is 5.76. The maximum Gasteiger partial charge on any atom is 0.269 e. The number of nitro groups is 1. The summed E-state index contributed by atoms with van der Waals surface area (Å²) >= 11 is 0. The molecule has 4 heteroatoms. The monoisotopic (exact) mass is 252 g/mol. The lowest BCUT2D eigenvalue weighted by molar-refractivity contribution is -0.384. The molecule has 0 heterocycles. The Morgan fingerprint density at radius 3 is 2.32 bits per heavy atom. The molecular formula is C15H12N2O2. The van der Waals surface area contributed by atoms with E-state index >= 15 is 0 Å². The van der Waals surface area contributed by atoms with Gasteiger partial charge in [-0.05, 0) is 23.8 Å². The lowest BCUT2D eigenvalue weighted by atomic mass is 10.2. The minimum Gasteiger partial charge on any atom is -0.258 e. The van der Waals surface area contributed by atoms with Gasteiger partial charge in [0.1, 0.15) is 0 Å². The van der Waals surface area contributed by atoms with E-state index < -0.39 is 4.92 Å². The first kappa shape index (κ1) is 12.7. The van der Waals surface area contributed by atoms with E-state index in [0.717, 1.165) is 5.56 Å². The van der Waals surface area contributed by atoms with Gasteiger partial charge in [-0.2, -0.15) is 0 Å². The fourth-order valence-corrected chi connectivity index (χ4v) is 1.51. The van der Waals surface area contributed by atoms with Gasteiger partial charge in [-0.1, -0.05) is 36.4 Å². The smallest absolute Gasteiger partial charge is 0.258 e. The van der Waals surface area contributed by atoms with Crippen LogP contribution in [0.1, 0.15) is 5.56 Å². The summed E-state index contributed by atoms with van der Waals surface area (Å²) in [6.07, 6.45) is 5.43. The average molecular weight is 252 g/mol. The van der Waals surface area contributed by atoms with Gasteiger partial charge in [-0.25, -0.2) is 0 Å². The summed E-state index contributed by atoms with van der Waals surface area (Å²) < 4.78 is 0. The zero-order valence-electron chi connectivity index (χ0n) is 10.1. The summed E-state index contributed by atoms with van der Waals surface area (Å²) in [7, 11) is 0. The number of allylic oxidation sites excluding steroid dienone is 1. The summed E-state index contributed by atoms with van der Waals surface area (Å²) in [6, 6.07) is 16.0. The van der Waals surface area contributed by atoms with Crippen molar-refractivity contribution in [1.29, 1.82) is 0 Å². The molecule has 0 radical (unpaired) electrons. The zero-order chi connectivity index (χ0) is 13.5. The standard InChI is InChI=1S/C15H12N2O2/c18-17(19)15-10-8-14(9-11-15)16-12-4-7-13-5-2-1-3-6-13/h1-12H/b7-4+,16-12?. The molecule has 0 saturated heterocycles. The van der Waals surface area contributed by atoms with Gasteiger partial charge in [0, 0.05) is 18.3 Å². The Hall–Kier alpha value is -2.75. The second-order valence-corrected chi connectivity index (χ2v) is 3.82. The molecule has 2 aromatic carbocycles. The van der Waals surface area contributed by atoms with Gasteiger partial charge in [-0.15, -0.1) is 0 Å². The average Bonchev–Trinajstić information content (AvgIpc) is 2.45. The van der Waals surface area contributed by atoms with Crippen molar-refractivity contribution >= 4 is 23.7 Å². The first-order chi connectivity index (χ1) is 9.25. The highest BCUT2D eigenvalue weighted by molar-refractivity contribution is 5.80. The maximum atomic E-state index is 10.5. The van der Waals surface area contributed by atoms with Crippen LogP contribution in [-0.2, 0) is 0 Å². The van der Waals surface area contributed by atoms with E-state index in [2.05, 4.69) is 4.99 Å². The molecule has 0 aliphatic rings. The van der Waals surface area contributed by atoms with Crippen molar-refractivity contribution in [3.63, 3.8) is 0 Å². The second kappa shape index (κ2) is 6.26. The molecule has 2 aromatic rings. The number of rotatable bonds is 4. The third kappa shape index (κ3) is 3.89. The van der Waals surface area contributed by atoms with Crippen LogP contribution in [-0.4, -0.2) is 11.1 Å². The predicted molar refractivity (Wildman–Crippen MR) is 76.7 cm³/mol. The van der Waals surface area contributed by atoms with Gasteiger partial charge in [0.2, 0.25) is 0 Å². The van der Waals surface area contributed by atoms with Crippen molar-refractivity contribution in [1.82, 2.24) is 0 Å². The molecule has 0 aliphatic carbocycles. The topological polar surface area (TPSA) is 55.5 Å². The molecule has 94 valence electrons.